The summed E-state index contributed by atoms with van der Waals surface area (Å²) in [7, 11) is 1.70. The van der Waals surface area contributed by atoms with Crippen molar-refractivity contribution in [2.75, 3.05) is 7.11 Å². The lowest BCUT2D eigenvalue weighted by atomic mass is 10.0. The van der Waals surface area contributed by atoms with Crippen LogP contribution in [0.1, 0.15) is 30.9 Å². The standard InChI is InChI=1S/C13H20O2/c1-10-7-8-13(15-3)12(9-10)6-4-5-11(2)14/h7-9,11,14H,4-6H2,1-3H3. The van der Waals surface area contributed by atoms with Crippen LogP contribution in [0.5, 0.6) is 5.75 Å². The van der Waals surface area contributed by atoms with Gasteiger partial charge in [-0.25, -0.2) is 0 Å². The molecule has 0 aliphatic heterocycles. The normalized spacial score (nSPS) is 12.5. The van der Waals surface area contributed by atoms with E-state index in [1.54, 1.807) is 7.11 Å². The van der Waals surface area contributed by atoms with Crippen LogP contribution in [0, 0.1) is 6.92 Å². The van der Waals surface area contributed by atoms with E-state index in [-0.39, 0.29) is 6.10 Å². The van der Waals surface area contributed by atoms with E-state index in [2.05, 4.69) is 19.1 Å². The van der Waals surface area contributed by atoms with Gasteiger partial charge in [0.05, 0.1) is 13.2 Å². The Morgan fingerprint density at radius 1 is 1.40 bits per heavy atom. The van der Waals surface area contributed by atoms with Crippen molar-refractivity contribution in [1.82, 2.24) is 0 Å². The van der Waals surface area contributed by atoms with Crippen LogP contribution in [0.15, 0.2) is 18.2 Å². The highest BCUT2D eigenvalue weighted by atomic mass is 16.5. The van der Waals surface area contributed by atoms with Crippen LogP contribution >= 0.6 is 0 Å². The molecule has 15 heavy (non-hydrogen) atoms. The molecule has 0 amide bonds. The van der Waals surface area contributed by atoms with Crippen LogP contribution in [-0.2, 0) is 6.42 Å². The lowest BCUT2D eigenvalue weighted by Crippen LogP contribution is -2.01. The Labute approximate surface area is 91.9 Å². The first-order chi connectivity index (χ1) is 7.13. The maximum Gasteiger partial charge on any atom is 0.122 e. The molecule has 1 atom stereocenters. The topological polar surface area (TPSA) is 29.5 Å². The molecule has 0 fully saturated rings. The molecule has 1 unspecified atom stereocenters. The highest BCUT2D eigenvalue weighted by molar-refractivity contribution is 5.36. The number of benzene rings is 1. The van der Waals surface area contributed by atoms with Crippen molar-refractivity contribution in [2.24, 2.45) is 0 Å². The molecule has 1 aromatic rings. The van der Waals surface area contributed by atoms with Crippen molar-refractivity contribution >= 4 is 0 Å². The molecule has 2 heteroatoms. The highest BCUT2D eigenvalue weighted by Crippen LogP contribution is 2.21. The van der Waals surface area contributed by atoms with Gasteiger partial charge in [0.1, 0.15) is 5.75 Å². The lowest BCUT2D eigenvalue weighted by Gasteiger charge is -2.10. The SMILES string of the molecule is COc1ccc(C)cc1CCCC(C)O. The van der Waals surface area contributed by atoms with Crippen molar-refractivity contribution in [1.29, 1.82) is 0 Å². The molecule has 0 aliphatic rings. The van der Waals surface area contributed by atoms with Crippen LogP contribution < -0.4 is 4.74 Å². The summed E-state index contributed by atoms with van der Waals surface area (Å²) in [4.78, 5) is 0. The van der Waals surface area contributed by atoms with E-state index < -0.39 is 0 Å². The van der Waals surface area contributed by atoms with E-state index in [1.165, 1.54) is 11.1 Å². The molecule has 0 radical (unpaired) electrons. The molecule has 0 bridgehead atoms. The summed E-state index contributed by atoms with van der Waals surface area (Å²) in [5.74, 6) is 0.950. The van der Waals surface area contributed by atoms with Gasteiger partial charge in [0, 0.05) is 0 Å². The zero-order valence-electron chi connectivity index (χ0n) is 9.79. The second kappa shape index (κ2) is 5.76. The second-order valence-electron chi connectivity index (χ2n) is 4.06. The number of aliphatic hydroxyl groups is 1. The minimum Gasteiger partial charge on any atom is -0.496 e. The van der Waals surface area contributed by atoms with Crippen LogP contribution in [0.25, 0.3) is 0 Å². The predicted molar refractivity (Wildman–Crippen MR) is 62.3 cm³/mol. The molecule has 84 valence electrons. The van der Waals surface area contributed by atoms with Crippen LogP contribution in [0.2, 0.25) is 0 Å². The number of hydrogen-bond acceptors (Lipinski definition) is 2. The van der Waals surface area contributed by atoms with E-state index in [9.17, 15) is 5.11 Å². The average molecular weight is 208 g/mol. The van der Waals surface area contributed by atoms with Crippen LogP contribution in [-0.4, -0.2) is 18.3 Å². The smallest absolute Gasteiger partial charge is 0.122 e. The maximum absolute atomic E-state index is 9.18. The van der Waals surface area contributed by atoms with Gasteiger partial charge >= 0.3 is 0 Å². The first-order valence-electron chi connectivity index (χ1n) is 5.45. The van der Waals surface area contributed by atoms with Gasteiger partial charge in [-0.05, 0) is 44.7 Å². The zero-order chi connectivity index (χ0) is 11.3. The molecular formula is C13H20O2. The average Bonchev–Trinajstić information content (AvgIpc) is 2.17. The Balaban J connectivity index is 2.62. The van der Waals surface area contributed by atoms with Crippen molar-refractivity contribution in [3.63, 3.8) is 0 Å². The third-order valence-corrected chi connectivity index (χ3v) is 2.50. The van der Waals surface area contributed by atoms with Crippen molar-refractivity contribution in [3.8, 4) is 5.75 Å². The fourth-order valence-electron chi connectivity index (χ4n) is 1.69. The van der Waals surface area contributed by atoms with E-state index in [0.29, 0.717) is 0 Å². The Bertz CT molecular complexity index is 305. The number of aryl methyl sites for hydroxylation is 2. The quantitative estimate of drug-likeness (QED) is 0.806. The van der Waals surface area contributed by atoms with Crippen molar-refractivity contribution in [3.05, 3.63) is 29.3 Å². The Morgan fingerprint density at radius 2 is 2.13 bits per heavy atom. The van der Waals surface area contributed by atoms with Crippen LogP contribution in [0.3, 0.4) is 0 Å². The molecule has 1 aromatic carbocycles. The second-order valence-corrected chi connectivity index (χ2v) is 4.06. The minimum atomic E-state index is -0.208. The number of rotatable bonds is 5. The Morgan fingerprint density at radius 3 is 2.73 bits per heavy atom. The maximum atomic E-state index is 9.18. The predicted octanol–water partition coefficient (Wildman–Crippen LogP) is 2.71. The molecule has 1 rings (SSSR count). The first-order valence-corrected chi connectivity index (χ1v) is 5.45. The van der Waals surface area contributed by atoms with E-state index in [4.69, 9.17) is 4.74 Å². The summed E-state index contributed by atoms with van der Waals surface area (Å²) in [6.07, 6.45) is 2.60. The number of methoxy groups -OCH3 is 1. The molecule has 0 spiro atoms. The minimum absolute atomic E-state index is 0.208. The lowest BCUT2D eigenvalue weighted by molar-refractivity contribution is 0.181. The van der Waals surface area contributed by atoms with E-state index in [1.807, 2.05) is 13.0 Å². The summed E-state index contributed by atoms with van der Waals surface area (Å²) in [5.41, 5.74) is 2.49. The van der Waals surface area contributed by atoms with E-state index >= 15 is 0 Å². The highest BCUT2D eigenvalue weighted by Gasteiger charge is 2.03. The number of aliphatic hydroxyl groups excluding tert-OH is 1. The molecule has 0 aliphatic carbocycles. The molecule has 0 heterocycles. The fourth-order valence-corrected chi connectivity index (χ4v) is 1.69. The van der Waals surface area contributed by atoms with Crippen molar-refractivity contribution in [2.45, 2.75) is 39.2 Å². The molecule has 1 N–H and O–H groups in total. The number of ether oxygens (including phenoxy) is 1. The molecule has 0 aromatic heterocycles. The van der Waals surface area contributed by atoms with Gasteiger partial charge in [-0.2, -0.15) is 0 Å². The molecular weight excluding hydrogens is 188 g/mol. The third kappa shape index (κ3) is 3.92. The van der Waals surface area contributed by atoms with E-state index in [0.717, 1.165) is 25.0 Å². The molecule has 0 saturated heterocycles. The number of hydrogen-bond donors (Lipinski definition) is 1. The van der Waals surface area contributed by atoms with Gasteiger partial charge in [-0.15, -0.1) is 0 Å². The Kier molecular flexibility index (Phi) is 4.63. The zero-order valence-corrected chi connectivity index (χ0v) is 9.79. The van der Waals surface area contributed by atoms with Gasteiger partial charge in [0.25, 0.3) is 0 Å². The molecule has 0 saturated carbocycles. The van der Waals surface area contributed by atoms with Gasteiger partial charge in [-0.3, -0.25) is 0 Å². The summed E-state index contributed by atoms with van der Waals surface area (Å²) in [6, 6.07) is 6.21. The third-order valence-electron chi connectivity index (χ3n) is 2.50. The van der Waals surface area contributed by atoms with Gasteiger partial charge in [0.15, 0.2) is 0 Å². The van der Waals surface area contributed by atoms with Gasteiger partial charge in [-0.1, -0.05) is 17.7 Å². The van der Waals surface area contributed by atoms with Crippen molar-refractivity contribution < 1.29 is 9.84 Å². The fraction of sp³-hybridized carbons (Fsp3) is 0.538. The summed E-state index contributed by atoms with van der Waals surface area (Å²) in [5, 5.41) is 9.18. The first kappa shape index (κ1) is 12.1. The van der Waals surface area contributed by atoms with Crippen LogP contribution in [0.4, 0.5) is 0 Å². The van der Waals surface area contributed by atoms with Gasteiger partial charge < -0.3 is 9.84 Å². The molecule has 2 nitrogen and oxygen atoms in total. The summed E-state index contributed by atoms with van der Waals surface area (Å²) >= 11 is 0. The Hall–Kier alpha value is -1.02. The summed E-state index contributed by atoms with van der Waals surface area (Å²) < 4.78 is 5.30. The summed E-state index contributed by atoms with van der Waals surface area (Å²) in [6.45, 7) is 3.91. The largest absolute Gasteiger partial charge is 0.496 e. The van der Waals surface area contributed by atoms with Gasteiger partial charge in [0.2, 0.25) is 0 Å². The monoisotopic (exact) mass is 208 g/mol.